The number of rotatable bonds is 4. The van der Waals surface area contributed by atoms with Gasteiger partial charge >= 0.3 is 5.97 Å². The monoisotopic (exact) mass is 343 g/mol. The van der Waals surface area contributed by atoms with Crippen LogP contribution < -0.4 is 4.74 Å². The van der Waals surface area contributed by atoms with Crippen LogP contribution in [0.4, 0.5) is 0 Å². The molecule has 1 amide bonds. The highest BCUT2D eigenvalue weighted by Crippen LogP contribution is 2.31. The van der Waals surface area contributed by atoms with E-state index in [0.29, 0.717) is 31.7 Å². The molecule has 1 saturated heterocycles. The number of benzene rings is 1. The van der Waals surface area contributed by atoms with Crippen molar-refractivity contribution in [1.29, 1.82) is 0 Å². The van der Waals surface area contributed by atoms with E-state index in [1.165, 1.54) is 0 Å². The molecule has 0 saturated carbocycles. The second-order valence-electron chi connectivity index (χ2n) is 7.02. The predicted octanol–water partition coefficient (Wildman–Crippen LogP) is 3.18. The molecule has 0 spiro atoms. The van der Waals surface area contributed by atoms with Crippen LogP contribution in [-0.4, -0.2) is 40.6 Å². The number of hydrogen-bond acceptors (Lipinski definition) is 3. The number of piperidine rings is 1. The minimum atomic E-state index is -1.25. The van der Waals surface area contributed by atoms with E-state index in [9.17, 15) is 14.7 Å². The summed E-state index contributed by atoms with van der Waals surface area (Å²) >= 11 is 0. The molecule has 1 aromatic rings. The van der Waals surface area contributed by atoms with Crippen molar-refractivity contribution in [2.45, 2.75) is 44.6 Å². The molecule has 0 aromatic heterocycles. The van der Waals surface area contributed by atoms with Gasteiger partial charge < -0.3 is 14.7 Å². The third kappa shape index (κ3) is 3.86. The Morgan fingerprint density at radius 3 is 2.60 bits per heavy atom. The summed E-state index contributed by atoms with van der Waals surface area (Å²) in [6, 6.07) is 7.43. The Hall–Kier alpha value is -2.30. The summed E-state index contributed by atoms with van der Waals surface area (Å²) < 4.78 is 5.91. The van der Waals surface area contributed by atoms with Gasteiger partial charge in [-0.25, -0.2) is 4.79 Å². The van der Waals surface area contributed by atoms with E-state index in [-0.39, 0.29) is 11.8 Å². The Balaban J connectivity index is 1.67. The summed E-state index contributed by atoms with van der Waals surface area (Å²) in [4.78, 5) is 26.4. The highest BCUT2D eigenvalue weighted by atomic mass is 16.5. The minimum absolute atomic E-state index is 0.0417. The second kappa shape index (κ2) is 7.30. The van der Waals surface area contributed by atoms with Crippen LogP contribution in [0.3, 0.4) is 0 Å². The number of carboxylic acids is 1. The number of carboxylic acid groups (broad SMARTS) is 1. The van der Waals surface area contributed by atoms with Crippen molar-refractivity contribution in [2.24, 2.45) is 5.92 Å². The molecule has 134 valence electrons. The largest absolute Gasteiger partial charge is 0.478 e. The van der Waals surface area contributed by atoms with Crippen LogP contribution in [0.15, 0.2) is 36.4 Å². The number of allylic oxidation sites excluding steroid dienone is 2. The quantitative estimate of drug-likeness (QED) is 0.853. The van der Waals surface area contributed by atoms with Gasteiger partial charge in [-0.2, -0.15) is 0 Å². The maximum absolute atomic E-state index is 12.6. The molecule has 1 aliphatic heterocycles. The molecule has 0 radical (unpaired) electrons. The normalized spacial score (nSPS) is 22.4. The van der Waals surface area contributed by atoms with E-state index in [4.69, 9.17) is 4.74 Å². The third-order valence-corrected chi connectivity index (χ3v) is 5.19. The summed E-state index contributed by atoms with van der Waals surface area (Å²) in [6.07, 6.45) is 7.42. The minimum Gasteiger partial charge on any atom is -0.478 e. The van der Waals surface area contributed by atoms with Gasteiger partial charge in [0.2, 0.25) is 11.5 Å². The number of carbonyl (C=O) groups is 2. The summed E-state index contributed by atoms with van der Waals surface area (Å²) in [5, 5.41) is 9.76. The Kier molecular flexibility index (Phi) is 5.11. The van der Waals surface area contributed by atoms with Crippen LogP contribution in [0.5, 0.6) is 5.75 Å². The van der Waals surface area contributed by atoms with E-state index in [2.05, 4.69) is 12.2 Å². The Morgan fingerprint density at radius 1 is 1.24 bits per heavy atom. The Morgan fingerprint density at radius 2 is 2.00 bits per heavy atom. The van der Waals surface area contributed by atoms with E-state index in [0.717, 1.165) is 24.8 Å². The maximum atomic E-state index is 12.6. The lowest BCUT2D eigenvalue weighted by Crippen LogP contribution is -2.55. The van der Waals surface area contributed by atoms with Crippen LogP contribution in [0.25, 0.3) is 0 Å². The fraction of sp³-hybridized carbons (Fsp3) is 0.500. The smallest absolute Gasteiger partial charge is 0.348 e. The average Bonchev–Trinajstić information content (AvgIpc) is 2.62. The molecule has 1 atom stereocenters. The topological polar surface area (TPSA) is 66.8 Å². The highest BCUT2D eigenvalue weighted by molar-refractivity contribution is 5.81. The molecule has 1 aliphatic carbocycles. The molecular weight excluding hydrogens is 318 g/mol. The SMILES string of the molecule is Cc1cccc(OC2(C(=O)O)CCN(C(=O)C3CC=CCC3)CC2)c1. The predicted molar refractivity (Wildman–Crippen MR) is 94.5 cm³/mol. The Bertz CT molecular complexity index is 674. The zero-order valence-corrected chi connectivity index (χ0v) is 14.6. The van der Waals surface area contributed by atoms with Crippen LogP contribution >= 0.6 is 0 Å². The van der Waals surface area contributed by atoms with Crippen molar-refractivity contribution in [3.63, 3.8) is 0 Å². The molecule has 1 unspecified atom stereocenters. The number of ether oxygens (including phenoxy) is 1. The molecule has 1 N–H and O–H groups in total. The van der Waals surface area contributed by atoms with Crippen molar-refractivity contribution in [1.82, 2.24) is 4.90 Å². The van der Waals surface area contributed by atoms with Crippen molar-refractivity contribution >= 4 is 11.9 Å². The van der Waals surface area contributed by atoms with Gasteiger partial charge in [0.1, 0.15) is 5.75 Å². The first-order valence-electron chi connectivity index (χ1n) is 8.93. The van der Waals surface area contributed by atoms with Gasteiger partial charge in [-0.1, -0.05) is 24.3 Å². The van der Waals surface area contributed by atoms with Gasteiger partial charge in [0.05, 0.1) is 0 Å². The number of hydrogen-bond donors (Lipinski definition) is 1. The van der Waals surface area contributed by atoms with Crippen molar-refractivity contribution in [3.8, 4) is 5.75 Å². The number of aliphatic carboxylic acids is 1. The molecule has 1 fully saturated rings. The van der Waals surface area contributed by atoms with E-state index < -0.39 is 11.6 Å². The molecule has 0 bridgehead atoms. The fourth-order valence-corrected chi connectivity index (χ4v) is 3.63. The molecule has 2 aliphatic rings. The molecule has 5 nitrogen and oxygen atoms in total. The first kappa shape index (κ1) is 17.5. The standard InChI is InChI=1S/C20H25NO4/c1-15-6-5-9-17(14-15)25-20(19(23)24)10-12-21(13-11-20)18(22)16-7-3-2-4-8-16/h2-3,5-6,9,14,16H,4,7-8,10-13H2,1H3,(H,23,24). The summed E-state index contributed by atoms with van der Waals surface area (Å²) in [5.74, 6) is -0.194. The van der Waals surface area contributed by atoms with Gasteiger partial charge in [0.25, 0.3) is 0 Å². The average molecular weight is 343 g/mol. The number of likely N-dealkylation sites (tertiary alicyclic amines) is 1. The number of nitrogens with zero attached hydrogens (tertiary/aromatic N) is 1. The number of aryl methyl sites for hydroxylation is 1. The molecule has 1 heterocycles. The first-order chi connectivity index (χ1) is 12.0. The molecule has 5 heteroatoms. The van der Waals surface area contributed by atoms with Crippen LogP contribution in [0.2, 0.25) is 0 Å². The molecule has 1 aromatic carbocycles. The van der Waals surface area contributed by atoms with Crippen LogP contribution in [-0.2, 0) is 9.59 Å². The zero-order chi connectivity index (χ0) is 17.9. The van der Waals surface area contributed by atoms with Crippen LogP contribution in [0, 0.1) is 12.8 Å². The lowest BCUT2D eigenvalue weighted by atomic mass is 9.88. The lowest BCUT2D eigenvalue weighted by molar-refractivity contribution is -0.162. The van der Waals surface area contributed by atoms with E-state index in [1.54, 1.807) is 6.07 Å². The fourth-order valence-electron chi connectivity index (χ4n) is 3.63. The van der Waals surface area contributed by atoms with Gasteiger partial charge in [0, 0.05) is 31.8 Å². The Labute approximate surface area is 148 Å². The summed E-state index contributed by atoms with van der Waals surface area (Å²) in [7, 11) is 0. The highest BCUT2D eigenvalue weighted by Gasteiger charge is 2.45. The van der Waals surface area contributed by atoms with Gasteiger partial charge in [-0.15, -0.1) is 0 Å². The zero-order valence-electron chi connectivity index (χ0n) is 14.6. The van der Waals surface area contributed by atoms with E-state index in [1.807, 2.05) is 30.0 Å². The second-order valence-corrected chi connectivity index (χ2v) is 7.02. The molecular formula is C20H25NO4. The van der Waals surface area contributed by atoms with Crippen molar-refractivity contribution in [3.05, 3.63) is 42.0 Å². The van der Waals surface area contributed by atoms with Crippen molar-refractivity contribution in [2.75, 3.05) is 13.1 Å². The molecule has 3 rings (SSSR count). The van der Waals surface area contributed by atoms with Gasteiger partial charge in [0.15, 0.2) is 0 Å². The summed E-state index contributed by atoms with van der Waals surface area (Å²) in [5.41, 5.74) is -0.229. The number of amides is 1. The van der Waals surface area contributed by atoms with Crippen molar-refractivity contribution < 1.29 is 19.4 Å². The first-order valence-corrected chi connectivity index (χ1v) is 8.93. The maximum Gasteiger partial charge on any atom is 0.348 e. The molecule has 25 heavy (non-hydrogen) atoms. The lowest BCUT2D eigenvalue weighted by Gasteiger charge is -2.40. The summed E-state index contributed by atoms with van der Waals surface area (Å²) in [6.45, 7) is 2.80. The van der Waals surface area contributed by atoms with Gasteiger partial charge in [-0.05, 0) is 43.9 Å². The van der Waals surface area contributed by atoms with Gasteiger partial charge in [-0.3, -0.25) is 4.79 Å². The van der Waals surface area contributed by atoms with Crippen LogP contribution in [0.1, 0.15) is 37.7 Å². The number of carbonyl (C=O) groups excluding carboxylic acids is 1. The van der Waals surface area contributed by atoms with E-state index >= 15 is 0 Å². The third-order valence-electron chi connectivity index (χ3n) is 5.19.